The fourth-order valence-corrected chi connectivity index (χ4v) is 1.83. The van der Waals surface area contributed by atoms with Crippen molar-refractivity contribution in [3.05, 3.63) is 18.2 Å². The largest absolute Gasteiger partial charge is 0.486 e. The number of fused-ring (bicyclic) bond motifs is 1. The number of nitrogens with one attached hydrogen (secondary N) is 1. The molecule has 18 heavy (non-hydrogen) atoms. The van der Waals surface area contributed by atoms with Gasteiger partial charge in [0.25, 0.3) is 0 Å². The van der Waals surface area contributed by atoms with Gasteiger partial charge in [-0.2, -0.15) is 0 Å². The Morgan fingerprint density at radius 1 is 1.39 bits per heavy atom. The zero-order valence-electron chi connectivity index (χ0n) is 10.3. The summed E-state index contributed by atoms with van der Waals surface area (Å²) in [4.78, 5) is 10.5. The molecule has 5 nitrogen and oxygen atoms in total. The highest BCUT2D eigenvalue weighted by atomic mass is 16.6. The molecular weight excluding hydrogens is 234 g/mol. The molecule has 1 aromatic rings. The maximum Gasteiger partial charge on any atom is 0.303 e. The molecule has 0 amide bonds. The Balaban J connectivity index is 1.95. The average molecular weight is 251 g/mol. The Morgan fingerprint density at radius 3 is 2.83 bits per heavy atom. The van der Waals surface area contributed by atoms with Gasteiger partial charge in [-0.15, -0.1) is 0 Å². The van der Waals surface area contributed by atoms with Gasteiger partial charge < -0.3 is 19.9 Å². The molecule has 2 rings (SSSR count). The number of rotatable bonds is 5. The Morgan fingerprint density at radius 2 is 2.11 bits per heavy atom. The second kappa shape index (κ2) is 5.62. The summed E-state index contributed by atoms with van der Waals surface area (Å²) in [5.41, 5.74) is 0.914. The Hall–Kier alpha value is -1.91. The fourth-order valence-electron chi connectivity index (χ4n) is 1.83. The summed E-state index contributed by atoms with van der Waals surface area (Å²) in [6, 6.07) is 5.75. The normalized spacial score (nSPS) is 14.9. The van der Waals surface area contributed by atoms with E-state index in [1.807, 2.05) is 25.1 Å². The number of benzene rings is 1. The first kappa shape index (κ1) is 12.5. The quantitative estimate of drug-likeness (QED) is 0.839. The van der Waals surface area contributed by atoms with Crippen LogP contribution in [0, 0.1) is 0 Å². The Kier molecular flexibility index (Phi) is 3.92. The molecule has 1 aromatic carbocycles. The van der Waals surface area contributed by atoms with Gasteiger partial charge in [0, 0.05) is 24.2 Å². The minimum atomic E-state index is -0.772. The molecular formula is C13H17NO4. The van der Waals surface area contributed by atoms with E-state index in [1.165, 1.54) is 0 Å². The van der Waals surface area contributed by atoms with Crippen LogP contribution in [0.1, 0.15) is 19.8 Å². The van der Waals surface area contributed by atoms with Crippen LogP contribution >= 0.6 is 0 Å². The monoisotopic (exact) mass is 251 g/mol. The lowest BCUT2D eigenvalue weighted by atomic mass is 10.1. The highest BCUT2D eigenvalue weighted by Gasteiger charge is 2.12. The van der Waals surface area contributed by atoms with Crippen LogP contribution < -0.4 is 14.8 Å². The van der Waals surface area contributed by atoms with Gasteiger partial charge in [0.2, 0.25) is 0 Å². The summed E-state index contributed by atoms with van der Waals surface area (Å²) in [5, 5.41) is 11.9. The van der Waals surface area contributed by atoms with Crippen LogP contribution in [0.2, 0.25) is 0 Å². The van der Waals surface area contributed by atoms with Crippen LogP contribution in [-0.2, 0) is 4.79 Å². The molecule has 1 unspecified atom stereocenters. The van der Waals surface area contributed by atoms with E-state index in [0.717, 1.165) is 17.2 Å². The molecule has 98 valence electrons. The molecule has 0 radical (unpaired) electrons. The Bertz CT molecular complexity index is 433. The van der Waals surface area contributed by atoms with Gasteiger partial charge in [0.05, 0.1) is 0 Å². The first-order valence-corrected chi connectivity index (χ1v) is 6.03. The van der Waals surface area contributed by atoms with Crippen molar-refractivity contribution in [2.24, 2.45) is 0 Å². The average Bonchev–Trinajstić information content (AvgIpc) is 2.36. The number of aliphatic carboxylic acids is 1. The zero-order chi connectivity index (χ0) is 13.0. The Labute approximate surface area is 106 Å². The van der Waals surface area contributed by atoms with Crippen LogP contribution in [0.25, 0.3) is 0 Å². The molecule has 0 aromatic heterocycles. The third-order valence-electron chi connectivity index (χ3n) is 2.75. The van der Waals surface area contributed by atoms with Crippen LogP contribution in [0.3, 0.4) is 0 Å². The van der Waals surface area contributed by atoms with Crippen molar-refractivity contribution in [2.45, 2.75) is 25.8 Å². The summed E-state index contributed by atoms with van der Waals surface area (Å²) >= 11 is 0. The van der Waals surface area contributed by atoms with Gasteiger partial charge in [-0.05, 0) is 25.5 Å². The van der Waals surface area contributed by atoms with Gasteiger partial charge in [0.1, 0.15) is 13.2 Å². The molecule has 0 aliphatic carbocycles. The smallest absolute Gasteiger partial charge is 0.303 e. The van der Waals surface area contributed by atoms with Crippen molar-refractivity contribution < 1.29 is 19.4 Å². The van der Waals surface area contributed by atoms with Crippen molar-refractivity contribution in [3.63, 3.8) is 0 Å². The molecule has 0 saturated carbocycles. The van der Waals surface area contributed by atoms with Crippen molar-refractivity contribution in [3.8, 4) is 11.5 Å². The molecule has 1 heterocycles. The van der Waals surface area contributed by atoms with Gasteiger partial charge in [-0.25, -0.2) is 0 Å². The fraction of sp³-hybridized carbons (Fsp3) is 0.462. The molecule has 0 spiro atoms. The van der Waals surface area contributed by atoms with Gasteiger partial charge in [0.15, 0.2) is 11.5 Å². The number of carboxylic acid groups (broad SMARTS) is 1. The van der Waals surface area contributed by atoms with Gasteiger partial charge in [-0.3, -0.25) is 4.79 Å². The van der Waals surface area contributed by atoms with Crippen LogP contribution in [-0.4, -0.2) is 30.3 Å². The molecule has 5 heteroatoms. The lowest BCUT2D eigenvalue weighted by Crippen LogP contribution is -2.18. The number of ether oxygens (including phenoxy) is 2. The van der Waals surface area contributed by atoms with E-state index in [-0.39, 0.29) is 12.5 Å². The van der Waals surface area contributed by atoms with Crippen molar-refractivity contribution in [2.75, 3.05) is 18.5 Å². The van der Waals surface area contributed by atoms with Crippen molar-refractivity contribution in [1.82, 2.24) is 0 Å². The van der Waals surface area contributed by atoms with Gasteiger partial charge in [-0.1, -0.05) is 0 Å². The lowest BCUT2D eigenvalue weighted by molar-refractivity contribution is -0.137. The molecule has 0 bridgehead atoms. The topological polar surface area (TPSA) is 67.8 Å². The predicted octanol–water partition coefficient (Wildman–Crippen LogP) is 2.12. The third kappa shape index (κ3) is 3.29. The SMILES string of the molecule is CC(CCC(=O)O)Nc1ccc2c(c1)OCCO2. The van der Waals surface area contributed by atoms with E-state index in [9.17, 15) is 4.79 Å². The predicted molar refractivity (Wildman–Crippen MR) is 67.4 cm³/mol. The van der Waals surface area contributed by atoms with E-state index < -0.39 is 5.97 Å². The summed E-state index contributed by atoms with van der Waals surface area (Å²) in [5.74, 6) is 0.715. The van der Waals surface area contributed by atoms with E-state index in [2.05, 4.69) is 5.32 Å². The third-order valence-corrected chi connectivity index (χ3v) is 2.75. The molecule has 0 saturated heterocycles. The van der Waals surface area contributed by atoms with Crippen LogP contribution in [0.15, 0.2) is 18.2 Å². The molecule has 1 atom stereocenters. The number of carboxylic acids is 1. The number of hydrogen-bond acceptors (Lipinski definition) is 4. The molecule has 1 aliphatic heterocycles. The summed E-state index contributed by atoms with van der Waals surface area (Å²) < 4.78 is 10.9. The van der Waals surface area contributed by atoms with Crippen LogP contribution in [0.4, 0.5) is 5.69 Å². The van der Waals surface area contributed by atoms with E-state index in [1.54, 1.807) is 0 Å². The number of anilines is 1. The second-order valence-corrected chi connectivity index (χ2v) is 4.34. The van der Waals surface area contributed by atoms with E-state index in [0.29, 0.717) is 19.6 Å². The number of carbonyl (C=O) groups is 1. The van der Waals surface area contributed by atoms with Crippen molar-refractivity contribution in [1.29, 1.82) is 0 Å². The minimum absolute atomic E-state index is 0.101. The highest BCUT2D eigenvalue weighted by molar-refractivity contribution is 5.66. The summed E-state index contributed by atoms with van der Waals surface area (Å²) in [6.45, 7) is 3.10. The highest BCUT2D eigenvalue weighted by Crippen LogP contribution is 2.32. The van der Waals surface area contributed by atoms with E-state index >= 15 is 0 Å². The maximum atomic E-state index is 10.5. The summed E-state index contributed by atoms with van der Waals surface area (Å²) in [7, 11) is 0. The lowest BCUT2D eigenvalue weighted by Gasteiger charge is -2.20. The minimum Gasteiger partial charge on any atom is -0.486 e. The molecule has 0 fully saturated rings. The second-order valence-electron chi connectivity index (χ2n) is 4.34. The number of hydrogen-bond donors (Lipinski definition) is 2. The van der Waals surface area contributed by atoms with Gasteiger partial charge >= 0.3 is 5.97 Å². The van der Waals surface area contributed by atoms with Crippen LogP contribution in [0.5, 0.6) is 11.5 Å². The molecule has 1 aliphatic rings. The van der Waals surface area contributed by atoms with E-state index in [4.69, 9.17) is 14.6 Å². The zero-order valence-corrected chi connectivity index (χ0v) is 10.3. The maximum absolute atomic E-state index is 10.5. The van der Waals surface area contributed by atoms with Crippen molar-refractivity contribution >= 4 is 11.7 Å². The molecule has 2 N–H and O–H groups in total. The first-order valence-electron chi connectivity index (χ1n) is 6.03. The first-order chi connectivity index (χ1) is 8.65. The standard InChI is InChI=1S/C13H17NO4/c1-9(2-5-13(15)16)14-10-3-4-11-12(8-10)18-7-6-17-11/h3-4,8-9,14H,2,5-7H2,1H3,(H,15,16). The summed E-state index contributed by atoms with van der Waals surface area (Å²) in [6.07, 6.45) is 0.752.